The molecule has 1 N–H and O–H groups in total. The van der Waals surface area contributed by atoms with Crippen molar-refractivity contribution in [2.24, 2.45) is 0 Å². The molecule has 1 nitrogen and oxygen atoms in total. The number of benzene rings is 2. The topological polar surface area (TPSA) is 12.0 Å². The lowest BCUT2D eigenvalue weighted by molar-refractivity contribution is -0.137. The highest BCUT2D eigenvalue weighted by Gasteiger charge is 2.30. The highest BCUT2D eigenvalue weighted by Crippen LogP contribution is 2.36. The lowest BCUT2D eigenvalue weighted by Crippen LogP contribution is -2.08. The van der Waals surface area contributed by atoms with Gasteiger partial charge in [0.25, 0.3) is 0 Å². The van der Waals surface area contributed by atoms with Crippen LogP contribution in [0.2, 0.25) is 0 Å². The fourth-order valence-corrected chi connectivity index (χ4v) is 2.60. The molecule has 1 aliphatic heterocycles. The van der Waals surface area contributed by atoms with Gasteiger partial charge in [0.05, 0.1) is 11.6 Å². The summed E-state index contributed by atoms with van der Waals surface area (Å²) in [4.78, 5) is 0. The average molecular weight is 277 g/mol. The van der Waals surface area contributed by atoms with E-state index in [1.165, 1.54) is 11.1 Å². The van der Waals surface area contributed by atoms with Crippen molar-refractivity contribution in [3.05, 3.63) is 64.7 Å². The third-order valence-corrected chi connectivity index (χ3v) is 3.65. The minimum atomic E-state index is -4.28. The summed E-state index contributed by atoms with van der Waals surface area (Å²) in [5, 5.41) is 3.35. The molecule has 0 fully saturated rings. The predicted octanol–water partition coefficient (Wildman–Crippen LogP) is 4.72. The first-order chi connectivity index (χ1) is 9.43. The molecule has 0 bridgehead atoms. The molecule has 1 atom stereocenters. The fraction of sp³-hybridized carbons (Fsp3) is 0.250. The summed E-state index contributed by atoms with van der Waals surface area (Å²) in [6.45, 7) is 2.03. The third-order valence-electron chi connectivity index (χ3n) is 3.65. The van der Waals surface area contributed by atoms with Crippen molar-refractivity contribution in [3.63, 3.8) is 0 Å². The lowest BCUT2D eigenvalue weighted by atomic mass is 10.0. The van der Waals surface area contributed by atoms with E-state index >= 15 is 0 Å². The number of alkyl halides is 3. The molecule has 1 unspecified atom stereocenters. The van der Waals surface area contributed by atoms with Crippen LogP contribution in [0.3, 0.4) is 0 Å². The summed E-state index contributed by atoms with van der Waals surface area (Å²) < 4.78 is 37.6. The first-order valence-corrected chi connectivity index (χ1v) is 6.47. The van der Waals surface area contributed by atoms with Gasteiger partial charge in [-0.25, -0.2) is 0 Å². The predicted molar refractivity (Wildman–Crippen MR) is 72.7 cm³/mol. The molecule has 104 valence electrons. The van der Waals surface area contributed by atoms with Gasteiger partial charge < -0.3 is 5.32 Å². The summed E-state index contributed by atoms with van der Waals surface area (Å²) in [6.07, 6.45) is -3.47. The number of anilines is 1. The minimum Gasteiger partial charge on any atom is -0.378 e. The summed E-state index contributed by atoms with van der Waals surface area (Å²) >= 11 is 0. The van der Waals surface area contributed by atoms with Gasteiger partial charge in [0.15, 0.2) is 0 Å². The Hall–Kier alpha value is -1.97. The van der Waals surface area contributed by atoms with E-state index in [0.717, 1.165) is 29.8 Å². The van der Waals surface area contributed by atoms with Crippen molar-refractivity contribution >= 4 is 5.69 Å². The monoisotopic (exact) mass is 277 g/mol. The lowest BCUT2D eigenvalue weighted by Gasteiger charge is -2.13. The smallest absolute Gasteiger partial charge is 0.378 e. The Morgan fingerprint density at radius 1 is 1.05 bits per heavy atom. The molecule has 0 spiro atoms. The molecular weight excluding hydrogens is 263 g/mol. The van der Waals surface area contributed by atoms with Crippen LogP contribution < -0.4 is 5.32 Å². The van der Waals surface area contributed by atoms with E-state index in [1.54, 1.807) is 12.1 Å². The van der Waals surface area contributed by atoms with E-state index in [4.69, 9.17) is 0 Å². The van der Waals surface area contributed by atoms with Crippen LogP contribution in [0.1, 0.15) is 28.3 Å². The van der Waals surface area contributed by atoms with Crippen LogP contribution in [0, 0.1) is 6.92 Å². The number of hydrogen-bond donors (Lipinski definition) is 1. The van der Waals surface area contributed by atoms with E-state index in [-0.39, 0.29) is 6.04 Å². The number of halogens is 3. The summed E-state index contributed by atoms with van der Waals surface area (Å²) in [6, 6.07) is 11.6. The van der Waals surface area contributed by atoms with E-state index in [9.17, 15) is 13.2 Å². The molecular formula is C16H14F3N. The van der Waals surface area contributed by atoms with E-state index in [2.05, 4.69) is 11.4 Å². The Balaban J connectivity index is 1.83. The Labute approximate surface area is 115 Å². The molecule has 0 aliphatic carbocycles. The zero-order chi connectivity index (χ0) is 14.3. The molecule has 1 aliphatic rings. The number of rotatable bonds is 1. The van der Waals surface area contributed by atoms with Crippen molar-refractivity contribution in [3.8, 4) is 0 Å². The molecule has 20 heavy (non-hydrogen) atoms. The van der Waals surface area contributed by atoms with Gasteiger partial charge in [-0.3, -0.25) is 0 Å². The van der Waals surface area contributed by atoms with Crippen LogP contribution in [-0.2, 0) is 12.6 Å². The first kappa shape index (κ1) is 13.0. The van der Waals surface area contributed by atoms with Gasteiger partial charge in [0.2, 0.25) is 0 Å². The summed E-state index contributed by atoms with van der Waals surface area (Å²) in [7, 11) is 0. The molecule has 0 saturated carbocycles. The quantitative estimate of drug-likeness (QED) is 0.795. The SMILES string of the molecule is Cc1ccc2c(c1)CC(c1ccc(C(F)(F)F)cc1)N2. The van der Waals surface area contributed by atoms with Crippen LogP contribution in [-0.4, -0.2) is 0 Å². The molecule has 2 aromatic carbocycles. The van der Waals surface area contributed by atoms with Gasteiger partial charge >= 0.3 is 6.18 Å². The van der Waals surface area contributed by atoms with Crippen molar-refractivity contribution in [2.75, 3.05) is 5.32 Å². The molecule has 0 saturated heterocycles. The van der Waals surface area contributed by atoms with Gasteiger partial charge in [-0.05, 0) is 42.7 Å². The maximum absolute atomic E-state index is 12.5. The Morgan fingerprint density at radius 3 is 2.40 bits per heavy atom. The maximum atomic E-state index is 12.5. The molecule has 0 aromatic heterocycles. The van der Waals surface area contributed by atoms with Crippen LogP contribution >= 0.6 is 0 Å². The number of hydrogen-bond acceptors (Lipinski definition) is 1. The van der Waals surface area contributed by atoms with Gasteiger partial charge in [0.1, 0.15) is 0 Å². The Bertz CT molecular complexity index is 629. The maximum Gasteiger partial charge on any atom is 0.416 e. The van der Waals surface area contributed by atoms with Gasteiger partial charge in [-0.15, -0.1) is 0 Å². The van der Waals surface area contributed by atoms with Crippen LogP contribution in [0.5, 0.6) is 0 Å². The molecule has 1 heterocycles. The molecule has 4 heteroatoms. The molecule has 2 aromatic rings. The highest BCUT2D eigenvalue weighted by atomic mass is 19.4. The first-order valence-electron chi connectivity index (χ1n) is 6.47. The standard InChI is InChI=1S/C16H14F3N/c1-10-2-7-14-12(8-10)9-15(20-14)11-3-5-13(6-4-11)16(17,18)19/h2-8,15,20H,9H2,1H3. The zero-order valence-corrected chi connectivity index (χ0v) is 11.0. The second kappa shape index (κ2) is 4.54. The zero-order valence-electron chi connectivity index (χ0n) is 11.0. The van der Waals surface area contributed by atoms with E-state index < -0.39 is 11.7 Å². The molecule has 0 radical (unpaired) electrons. The molecule has 0 amide bonds. The van der Waals surface area contributed by atoms with Crippen molar-refractivity contribution < 1.29 is 13.2 Å². The second-order valence-electron chi connectivity index (χ2n) is 5.18. The van der Waals surface area contributed by atoms with Crippen LogP contribution in [0.25, 0.3) is 0 Å². The van der Waals surface area contributed by atoms with Crippen LogP contribution in [0.4, 0.5) is 18.9 Å². The van der Waals surface area contributed by atoms with Crippen molar-refractivity contribution in [1.29, 1.82) is 0 Å². The van der Waals surface area contributed by atoms with E-state index in [1.807, 2.05) is 19.1 Å². The third kappa shape index (κ3) is 2.38. The normalized spacial score (nSPS) is 17.7. The fourth-order valence-electron chi connectivity index (χ4n) is 2.60. The average Bonchev–Trinajstić information content (AvgIpc) is 2.80. The highest BCUT2D eigenvalue weighted by molar-refractivity contribution is 5.59. The second-order valence-corrected chi connectivity index (χ2v) is 5.18. The van der Waals surface area contributed by atoms with E-state index in [0.29, 0.717) is 0 Å². The summed E-state index contributed by atoms with van der Waals surface area (Å²) in [5.41, 5.74) is 3.76. The van der Waals surface area contributed by atoms with Gasteiger partial charge in [0, 0.05) is 5.69 Å². The van der Waals surface area contributed by atoms with Crippen molar-refractivity contribution in [2.45, 2.75) is 25.6 Å². The molecule has 3 rings (SSSR count). The minimum absolute atomic E-state index is 0.0501. The van der Waals surface area contributed by atoms with Crippen LogP contribution in [0.15, 0.2) is 42.5 Å². The number of fused-ring (bicyclic) bond motifs is 1. The van der Waals surface area contributed by atoms with Crippen molar-refractivity contribution in [1.82, 2.24) is 0 Å². The largest absolute Gasteiger partial charge is 0.416 e. The van der Waals surface area contributed by atoms with Gasteiger partial charge in [-0.1, -0.05) is 29.8 Å². The number of nitrogens with one attached hydrogen (secondary N) is 1. The Morgan fingerprint density at radius 2 is 1.75 bits per heavy atom. The van der Waals surface area contributed by atoms with Gasteiger partial charge in [-0.2, -0.15) is 13.2 Å². The number of aryl methyl sites for hydroxylation is 1. The Kier molecular flexibility index (Phi) is 2.96. The summed E-state index contributed by atoms with van der Waals surface area (Å²) in [5.74, 6) is 0.